The van der Waals surface area contributed by atoms with Gasteiger partial charge in [-0.25, -0.2) is 0 Å². The van der Waals surface area contributed by atoms with Crippen LogP contribution >= 0.6 is 0 Å². The first-order valence-corrected chi connectivity index (χ1v) is 6.46. The number of carbonyl (C=O) groups is 1. The van der Waals surface area contributed by atoms with Gasteiger partial charge in [-0.3, -0.25) is 10.1 Å². The molecular weight excluding hydrogens is 270 g/mol. The summed E-state index contributed by atoms with van der Waals surface area (Å²) in [6, 6.07) is 5.78. The van der Waals surface area contributed by atoms with E-state index in [0.29, 0.717) is 12.3 Å². The van der Waals surface area contributed by atoms with E-state index >= 15 is 0 Å². The fourth-order valence-corrected chi connectivity index (χ4v) is 1.81. The molecule has 2 rings (SSSR count). The number of hydrogen-bond acceptors (Lipinski definition) is 5. The summed E-state index contributed by atoms with van der Waals surface area (Å²) in [5.41, 5.74) is 2.17. The summed E-state index contributed by atoms with van der Waals surface area (Å²) < 4.78 is 5.44. The van der Waals surface area contributed by atoms with E-state index in [-0.39, 0.29) is 18.5 Å². The minimum Gasteiger partial charge on any atom is -0.484 e. The predicted molar refractivity (Wildman–Crippen MR) is 78.1 cm³/mol. The molecule has 0 fully saturated rings. The fourth-order valence-electron chi connectivity index (χ4n) is 1.81. The van der Waals surface area contributed by atoms with Crippen molar-refractivity contribution in [2.75, 3.05) is 11.9 Å². The first kappa shape index (κ1) is 14.7. The number of carbonyl (C=O) groups excluding carboxylic acids is 1. The summed E-state index contributed by atoms with van der Waals surface area (Å²) in [6.07, 6.45) is 1.64. The smallest absolute Gasteiger partial charge is 0.270 e. The first-order chi connectivity index (χ1) is 10.1. The van der Waals surface area contributed by atoms with Gasteiger partial charge >= 0.3 is 0 Å². The van der Waals surface area contributed by atoms with Crippen LogP contribution in [0.3, 0.4) is 0 Å². The summed E-state index contributed by atoms with van der Waals surface area (Å²) in [4.78, 5) is 13.1. The Morgan fingerprint density at radius 2 is 2.10 bits per heavy atom. The second-order valence-corrected chi connectivity index (χ2v) is 4.62. The Balaban J connectivity index is 1.87. The van der Waals surface area contributed by atoms with Gasteiger partial charge in [0.25, 0.3) is 11.9 Å². The second kappa shape index (κ2) is 6.65. The first-order valence-electron chi connectivity index (χ1n) is 6.46. The van der Waals surface area contributed by atoms with E-state index < -0.39 is 0 Å². The van der Waals surface area contributed by atoms with Crippen molar-refractivity contribution in [3.05, 3.63) is 42.0 Å². The topological polar surface area (TPSA) is 81.9 Å². The zero-order chi connectivity index (χ0) is 15.2. The number of anilines is 1. The van der Waals surface area contributed by atoms with Crippen molar-refractivity contribution in [1.29, 1.82) is 0 Å². The van der Waals surface area contributed by atoms with E-state index in [1.54, 1.807) is 6.08 Å². The minimum absolute atomic E-state index is 0.112. The van der Waals surface area contributed by atoms with Crippen LogP contribution in [0.15, 0.2) is 30.9 Å². The average molecular weight is 287 g/mol. The Bertz CT molecular complexity index is 630. The van der Waals surface area contributed by atoms with Gasteiger partial charge in [-0.15, -0.1) is 11.7 Å². The number of aromatic nitrogens is 4. The Hall–Kier alpha value is -2.70. The maximum Gasteiger partial charge on any atom is 0.270 e. The summed E-state index contributed by atoms with van der Waals surface area (Å²) in [7, 11) is 0. The van der Waals surface area contributed by atoms with Crippen molar-refractivity contribution in [2.45, 2.75) is 20.4 Å². The van der Waals surface area contributed by atoms with Crippen LogP contribution < -0.4 is 10.1 Å². The van der Waals surface area contributed by atoms with Gasteiger partial charge in [-0.05, 0) is 42.3 Å². The highest BCUT2D eigenvalue weighted by Crippen LogP contribution is 2.16. The molecule has 7 nitrogen and oxygen atoms in total. The molecule has 0 radical (unpaired) electrons. The SMILES string of the molecule is C=CCn1nnc(NC(=O)COc2cc(C)cc(C)c2)n1. The number of allylic oxidation sites excluding steroid dienone is 1. The van der Waals surface area contributed by atoms with Gasteiger partial charge in [0.1, 0.15) is 5.75 Å². The third kappa shape index (κ3) is 4.41. The molecule has 0 aliphatic rings. The summed E-state index contributed by atoms with van der Waals surface area (Å²) in [5.74, 6) is 0.462. The molecule has 0 aliphatic heterocycles. The van der Waals surface area contributed by atoms with Gasteiger partial charge < -0.3 is 4.74 Å². The maximum absolute atomic E-state index is 11.7. The quantitative estimate of drug-likeness (QED) is 0.814. The third-order valence-corrected chi connectivity index (χ3v) is 2.56. The van der Waals surface area contributed by atoms with Gasteiger partial charge in [0.15, 0.2) is 6.61 Å². The van der Waals surface area contributed by atoms with Crippen molar-refractivity contribution in [3.8, 4) is 5.75 Å². The molecule has 1 aromatic heterocycles. The average Bonchev–Trinajstić information content (AvgIpc) is 2.83. The number of rotatable bonds is 6. The van der Waals surface area contributed by atoms with Crippen LogP contribution in [0, 0.1) is 13.8 Å². The molecule has 1 aromatic carbocycles. The lowest BCUT2D eigenvalue weighted by Gasteiger charge is -2.07. The molecule has 1 amide bonds. The van der Waals surface area contributed by atoms with Crippen molar-refractivity contribution in [2.24, 2.45) is 0 Å². The summed E-state index contributed by atoms with van der Waals surface area (Å²) in [5, 5.41) is 13.9. The Kier molecular flexibility index (Phi) is 4.65. The number of benzene rings is 1. The number of aryl methyl sites for hydroxylation is 2. The monoisotopic (exact) mass is 287 g/mol. The number of amides is 1. The zero-order valence-corrected chi connectivity index (χ0v) is 12.0. The lowest BCUT2D eigenvalue weighted by Crippen LogP contribution is -2.21. The third-order valence-electron chi connectivity index (χ3n) is 2.56. The zero-order valence-electron chi connectivity index (χ0n) is 12.0. The van der Waals surface area contributed by atoms with E-state index in [4.69, 9.17) is 4.74 Å². The van der Waals surface area contributed by atoms with Crippen LogP contribution in [-0.4, -0.2) is 32.7 Å². The van der Waals surface area contributed by atoms with Crippen LogP contribution in [0.4, 0.5) is 5.95 Å². The maximum atomic E-state index is 11.7. The molecule has 1 N–H and O–H groups in total. The predicted octanol–water partition coefficient (Wildman–Crippen LogP) is 1.49. The number of hydrogen-bond donors (Lipinski definition) is 1. The Morgan fingerprint density at radius 1 is 1.38 bits per heavy atom. The van der Waals surface area contributed by atoms with Crippen LogP contribution in [0.2, 0.25) is 0 Å². The van der Waals surface area contributed by atoms with E-state index in [1.165, 1.54) is 4.80 Å². The largest absolute Gasteiger partial charge is 0.484 e. The number of tetrazole rings is 1. The number of nitrogens with one attached hydrogen (secondary N) is 1. The van der Waals surface area contributed by atoms with Gasteiger partial charge in [0.05, 0.1) is 6.54 Å². The highest BCUT2D eigenvalue weighted by atomic mass is 16.5. The lowest BCUT2D eigenvalue weighted by molar-refractivity contribution is -0.118. The van der Waals surface area contributed by atoms with Crippen molar-refractivity contribution in [3.63, 3.8) is 0 Å². The highest BCUT2D eigenvalue weighted by Gasteiger charge is 2.08. The van der Waals surface area contributed by atoms with E-state index in [2.05, 4.69) is 27.3 Å². The molecule has 21 heavy (non-hydrogen) atoms. The molecule has 110 valence electrons. The molecule has 0 spiro atoms. The van der Waals surface area contributed by atoms with E-state index in [1.807, 2.05) is 32.0 Å². The van der Waals surface area contributed by atoms with Gasteiger partial charge in [-0.1, -0.05) is 17.2 Å². The molecule has 0 saturated heterocycles. The molecule has 7 heteroatoms. The second-order valence-electron chi connectivity index (χ2n) is 4.62. The highest BCUT2D eigenvalue weighted by molar-refractivity contribution is 5.90. The van der Waals surface area contributed by atoms with Gasteiger partial charge in [0, 0.05) is 0 Å². The molecular formula is C14H17N5O2. The minimum atomic E-state index is -0.340. The molecule has 0 unspecified atom stereocenters. The molecule has 0 atom stereocenters. The van der Waals surface area contributed by atoms with Crippen molar-refractivity contribution >= 4 is 11.9 Å². The Morgan fingerprint density at radius 3 is 2.76 bits per heavy atom. The summed E-state index contributed by atoms with van der Waals surface area (Å²) in [6.45, 7) is 7.84. The van der Waals surface area contributed by atoms with E-state index in [9.17, 15) is 4.79 Å². The molecule has 1 heterocycles. The standard InChI is InChI=1S/C14H17N5O2/c1-4-5-19-17-14(16-18-19)15-13(20)9-21-12-7-10(2)6-11(3)8-12/h4,6-8H,1,5,9H2,2-3H3,(H,15,17,20). The van der Waals surface area contributed by atoms with Gasteiger partial charge in [0.2, 0.25) is 0 Å². The van der Waals surface area contributed by atoms with Gasteiger partial charge in [-0.2, -0.15) is 4.80 Å². The van der Waals surface area contributed by atoms with Crippen LogP contribution in [0.1, 0.15) is 11.1 Å². The fraction of sp³-hybridized carbons (Fsp3) is 0.286. The molecule has 0 bridgehead atoms. The van der Waals surface area contributed by atoms with E-state index in [0.717, 1.165) is 11.1 Å². The number of nitrogens with zero attached hydrogens (tertiary/aromatic N) is 4. The lowest BCUT2D eigenvalue weighted by atomic mass is 10.1. The molecule has 0 aliphatic carbocycles. The number of ether oxygens (including phenoxy) is 1. The van der Waals surface area contributed by atoms with Crippen LogP contribution in [-0.2, 0) is 11.3 Å². The van der Waals surface area contributed by atoms with Crippen molar-refractivity contribution in [1.82, 2.24) is 20.2 Å². The Labute approximate surface area is 122 Å². The molecule has 0 saturated carbocycles. The van der Waals surface area contributed by atoms with Crippen LogP contribution in [0.25, 0.3) is 0 Å². The summed E-state index contributed by atoms with van der Waals surface area (Å²) >= 11 is 0. The van der Waals surface area contributed by atoms with Crippen LogP contribution in [0.5, 0.6) is 5.75 Å². The molecule has 2 aromatic rings. The van der Waals surface area contributed by atoms with Crippen molar-refractivity contribution < 1.29 is 9.53 Å². The normalized spacial score (nSPS) is 10.2.